The van der Waals surface area contributed by atoms with Gasteiger partial charge in [-0.1, -0.05) is 0 Å². The summed E-state index contributed by atoms with van der Waals surface area (Å²) in [6, 6.07) is 0.263. The second kappa shape index (κ2) is 4.93. The number of ether oxygens (including phenoxy) is 1. The van der Waals surface area contributed by atoms with Gasteiger partial charge in [0.1, 0.15) is 0 Å². The summed E-state index contributed by atoms with van der Waals surface area (Å²) in [6.07, 6.45) is 3.87. The van der Waals surface area contributed by atoms with Crippen molar-refractivity contribution in [2.24, 2.45) is 0 Å². The van der Waals surface area contributed by atoms with Crippen molar-refractivity contribution in [1.82, 2.24) is 9.80 Å². The molecule has 0 aromatic rings. The lowest BCUT2D eigenvalue weighted by molar-refractivity contribution is 0.0481. The van der Waals surface area contributed by atoms with Crippen LogP contribution in [0.3, 0.4) is 0 Å². The third-order valence-corrected chi connectivity index (χ3v) is 5.76. The highest BCUT2D eigenvalue weighted by atomic mass is 32.2. The van der Waals surface area contributed by atoms with E-state index in [0.29, 0.717) is 10.9 Å². The van der Waals surface area contributed by atoms with Crippen molar-refractivity contribution in [3.8, 4) is 0 Å². The van der Waals surface area contributed by atoms with Crippen LogP contribution in [0.2, 0.25) is 0 Å². The maximum Gasteiger partial charge on any atom is 0.320 e. The Balaban J connectivity index is 1.49. The molecule has 4 nitrogen and oxygen atoms in total. The predicted molar refractivity (Wildman–Crippen MR) is 73.0 cm³/mol. The molecule has 2 amide bonds. The molecule has 0 aliphatic carbocycles. The molecule has 1 atom stereocenters. The topological polar surface area (TPSA) is 32.8 Å². The molecule has 0 N–H and O–H groups in total. The molecular weight excluding hydrogens is 248 g/mol. The Hall–Kier alpha value is -0.420. The van der Waals surface area contributed by atoms with Crippen molar-refractivity contribution in [2.45, 2.75) is 37.0 Å². The van der Waals surface area contributed by atoms with Crippen LogP contribution in [0.25, 0.3) is 0 Å². The maximum absolute atomic E-state index is 12.2. The van der Waals surface area contributed by atoms with Gasteiger partial charge >= 0.3 is 6.03 Å². The van der Waals surface area contributed by atoms with Crippen LogP contribution in [-0.2, 0) is 4.74 Å². The Bertz CT molecular complexity index is 325. The summed E-state index contributed by atoms with van der Waals surface area (Å²) in [7, 11) is 0. The van der Waals surface area contributed by atoms with E-state index in [1.807, 2.05) is 21.6 Å². The van der Waals surface area contributed by atoms with Gasteiger partial charge in [0.15, 0.2) is 0 Å². The number of nitrogens with zero attached hydrogens (tertiary/aromatic N) is 2. The van der Waals surface area contributed by atoms with E-state index in [0.717, 1.165) is 45.0 Å². The summed E-state index contributed by atoms with van der Waals surface area (Å²) in [5.74, 6) is 1.10. The van der Waals surface area contributed by atoms with Crippen LogP contribution in [0, 0.1) is 0 Å². The first-order valence-electron chi connectivity index (χ1n) is 7.02. The molecule has 102 valence electrons. The van der Waals surface area contributed by atoms with Gasteiger partial charge in [-0.25, -0.2) is 4.79 Å². The van der Waals surface area contributed by atoms with Crippen LogP contribution >= 0.6 is 11.8 Å². The first-order chi connectivity index (χ1) is 8.72. The number of carbonyl (C=O) groups is 1. The Morgan fingerprint density at radius 2 is 2.06 bits per heavy atom. The molecule has 3 rings (SSSR count). The Labute approximate surface area is 113 Å². The van der Waals surface area contributed by atoms with Gasteiger partial charge in [0.2, 0.25) is 0 Å². The second-order valence-corrected chi connectivity index (χ2v) is 7.10. The van der Waals surface area contributed by atoms with E-state index in [-0.39, 0.29) is 6.03 Å². The lowest BCUT2D eigenvalue weighted by atomic mass is 9.93. The van der Waals surface area contributed by atoms with Gasteiger partial charge in [0.05, 0.1) is 10.9 Å². The van der Waals surface area contributed by atoms with E-state index in [1.54, 1.807) is 0 Å². The zero-order valence-electron chi connectivity index (χ0n) is 11.1. The van der Waals surface area contributed by atoms with E-state index in [1.165, 1.54) is 12.8 Å². The van der Waals surface area contributed by atoms with Gasteiger partial charge < -0.3 is 14.5 Å². The van der Waals surface area contributed by atoms with Crippen molar-refractivity contribution in [2.75, 3.05) is 38.5 Å². The zero-order valence-corrected chi connectivity index (χ0v) is 11.9. The third kappa shape index (κ3) is 2.23. The minimum absolute atomic E-state index is 0.263. The number of rotatable bonds is 2. The molecule has 3 saturated heterocycles. The fourth-order valence-electron chi connectivity index (χ4n) is 3.26. The number of hydrogen-bond acceptors (Lipinski definition) is 3. The molecular formula is C13H22N2O2S. The Morgan fingerprint density at radius 1 is 1.33 bits per heavy atom. The summed E-state index contributed by atoms with van der Waals surface area (Å²) in [4.78, 5) is 16.2. The van der Waals surface area contributed by atoms with Crippen molar-refractivity contribution in [3.05, 3.63) is 0 Å². The standard InChI is InChI=1S/C13H22N2O2S/c1-2-17-11-7-13(18-8-11)9-15(10-13)12(16)14-5-3-4-6-14/h11H,2-10H2,1H3. The minimum Gasteiger partial charge on any atom is -0.378 e. The van der Waals surface area contributed by atoms with Crippen molar-refractivity contribution >= 4 is 17.8 Å². The van der Waals surface area contributed by atoms with Crippen LogP contribution in [0.4, 0.5) is 4.79 Å². The Morgan fingerprint density at radius 3 is 2.72 bits per heavy atom. The number of hydrogen-bond donors (Lipinski definition) is 0. The SMILES string of the molecule is CCOC1CSC2(C1)CN(C(=O)N1CCCC1)C2. The molecule has 0 bridgehead atoms. The van der Waals surface area contributed by atoms with E-state index in [2.05, 4.69) is 6.92 Å². The van der Waals surface area contributed by atoms with Crippen molar-refractivity contribution < 1.29 is 9.53 Å². The monoisotopic (exact) mass is 270 g/mol. The van der Waals surface area contributed by atoms with Crippen molar-refractivity contribution in [1.29, 1.82) is 0 Å². The fourth-order valence-corrected chi connectivity index (χ4v) is 4.81. The second-order valence-electron chi connectivity index (χ2n) is 5.61. The molecule has 0 radical (unpaired) electrons. The molecule has 3 aliphatic heterocycles. The smallest absolute Gasteiger partial charge is 0.320 e. The van der Waals surface area contributed by atoms with Gasteiger partial charge in [-0.15, -0.1) is 11.8 Å². The number of carbonyl (C=O) groups excluding carboxylic acids is 1. The van der Waals surface area contributed by atoms with E-state index < -0.39 is 0 Å². The fraction of sp³-hybridized carbons (Fsp3) is 0.923. The Kier molecular flexibility index (Phi) is 3.45. The highest BCUT2D eigenvalue weighted by Crippen LogP contribution is 2.46. The third-order valence-electron chi connectivity index (χ3n) is 4.18. The normalized spacial score (nSPS) is 29.9. The van der Waals surface area contributed by atoms with Gasteiger partial charge in [0, 0.05) is 38.5 Å². The minimum atomic E-state index is 0.263. The number of urea groups is 1. The average molecular weight is 270 g/mol. The molecule has 5 heteroatoms. The summed E-state index contributed by atoms with van der Waals surface area (Å²) < 4.78 is 6.01. The molecule has 0 saturated carbocycles. The van der Waals surface area contributed by atoms with Crippen LogP contribution in [0.15, 0.2) is 0 Å². The molecule has 3 aliphatic rings. The van der Waals surface area contributed by atoms with Gasteiger partial charge in [-0.2, -0.15) is 0 Å². The summed E-state index contributed by atoms with van der Waals surface area (Å²) in [5, 5.41) is 0. The van der Waals surface area contributed by atoms with Gasteiger partial charge in [-0.3, -0.25) is 0 Å². The highest BCUT2D eigenvalue weighted by molar-refractivity contribution is 8.01. The molecule has 18 heavy (non-hydrogen) atoms. The molecule has 3 fully saturated rings. The van der Waals surface area contributed by atoms with Gasteiger partial charge in [-0.05, 0) is 26.2 Å². The molecule has 1 spiro atoms. The largest absolute Gasteiger partial charge is 0.378 e. The lowest BCUT2D eigenvalue weighted by Gasteiger charge is -2.48. The first-order valence-corrected chi connectivity index (χ1v) is 8.00. The van der Waals surface area contributed by atoms with Crippen molar-refractivity contribution in [3.63, 3.8) is 0 Å². The van der Waals surface area contributed by atoms with Gasteiger partial charge in [0.25, 0.3) is 0 Å². The summed E-state index contributed by atoms with van der Waals surface area (Å²) >= 11 is 2.01. The number of amides is 2. The maximum atomic E-state index is 12.2. The zero-order chi connectivity index (χ0) is 12.6. The van der Waals surface area contributed by atoms with E-state index in [4.69, 9.17) is 4.74 Å². The quantitative estimate of drug-likeness (QED) is 0.767. The van der Waals surface area contributed by atoms with Crippen LogP contribution in [-0.4, -0.2) is 65.2 Å². The van der Waals surface area contributed by atoms with Crippen LogP contribution < -0.4 is 0 Å². The van der Waals surface area contributed by atoms with Crippen LogP contribution in [0.5, 0.6) is 0 Å². The number of thioether (sulfide) groups is 1. The predicted octanol–water partition coefficient (Wildman–Crippen LogP) is 1.80. The molecule has 0 aromatic carbocycles. The first kappa shape index (κ1) is 12.6. The molecule has 3 heterocycles. The molecule has 1 unspecified atom stereocenters. The highest BCUT2D eigenvalue weighted by Gasteiger charge is 2.51. The average Bonchev–Trinajstić information content (AvgIpc) is 2.95. The lowest BCUT2D eigenvalue weighted by Crippen LogP contribution is -2.63. The van der Waals surface area contributed by atoms with Crippen LogP contribution in [0.1, 0.15) is 26.2 Å². The summed E-state index contributed by atoms with van der Waals surface area (Å²) in [6.45, 7) is 6.62. The molecule has 0 aromatic heterocycles. The number of likely N-dealkylation sites (tertiary alicyclic amines) is 2. The van der Waals surface area contributed by atoms with E-state index in [9.17, 15) is 4.79 Å². The van der Waals surface area contributed by atoms with E-state index >= 15 is 0 Å². The summed E-state index contributed by atoms with van der Waals surface area (Å²) in [5.41, 5.74) is 0.